The Bertz CT molecular complexity index is 5180. The molecule has 116 heavy (non-hydrogen) atoms. The normalized spacial score (nSPS) is 15.5. The van der Waals surface area contributed by atoms with Gasteiger partial charge in [0.1, 0.15) is 77.8 Å². The molecule has 10 aromatic rings. The largest absolute Gasteiger partial charge is 0.487 e. The number of likely N-dealkylation sites (tertiary alicyclic amines) is 2. The van der Waals surface area contributed by atoms with Crippen molar-refractivity contribution < 1.29 is 96.8 Å². The number of nitro benzene ring substituents is 1. The van der Waals surface area contributed by atoms with Crippen molar-refractivity contribution in [3.63, 3.8) is 0 Å². The first-order chi connectivity index (χ1) is 54.6. The molecule has 4 aromatic heterocycles. The third-order valence-electron chi connectivity index (χ3n) is 16.7. The number of nitrogens with two attached hydrogens (primary N) is 3. The van der Waals surface area contributed by atoms with Crippen LogP contribution in [0, 0.1) is 10.1 Å². The van der Waals surface area contributed by atoms with Crippen LogP contribution in [-0.2, 0) is 28.0 Å². The van der Waals surface area contributed by atoms with E-state index in [0.29, 0.717) is 90.5 Å². The Morgan fingerprint density at radius 2 is 0.922 bits per heavy atom. The minimum atomic E-state index is -4.64. The number of carbonyl (C=O) groups excluding carboxylic acids is 5. The van der Waals surface area contributed by atoms with E-state index in [1.54, 1.807) is 106 Å². The summed E-state index contributed by atoms with van der Waals surface area (Å²) in [7, 11) is 0. The molecule has 0 spiro atoms. The van der Waals surface area contributed by atoms with Gasteiger partial charge in [-0.05, 0) is 170 Å². The Morgan fingerprint density at radius 1 is 0.517 bits per heavy atom. The van der Waals surface area contributed by atoms with Crippen molar-refractivity contribution in [2.45, 2.75) is 109 Å². The van der Waals surface area contributed by atoms with Crippen LogP contribution < -0.4 is 62.7 Å². The first-order valence-corrected chi connectivity index (χ1v) is 35.4. The molecule has 3 unspecified atom stereocenters. The highest BCUT2D eigenvalue weighted by molar-refractivity contribution is 6.61. The zero-order valence-corrected chi connectivity index (χ0v) is 63.0. The molecular weight excluding hydrogens is 1570 g/mol. The van der Waals surface area contributed by atoms with Gasteiger partial charge in [-0.1, -0.05) is 0 Å². The molecule has 3 atom stereocenters. The predicted octanol–water partition coefficient (Wildman–Crippen LogP) is 15.3. The number of nitrogens with one attached hydrogen (secondary N) is 5. The number of anilines is 7. The summed E-state index contributed by atoms with van der Waals surface area (Å²) in [6, 6.07) is 25.6. The Morgan fingerprint density at radius 3 is 1.30 bits per heavy atom. The molecule has 3 fully saturated rings. The second kappa shape index (κ2) is 35.9. The summed E-state index contributed by atoms with van der Waals surface area (Å²) in [6.45, 7) is 13.2. The molecule has 42 heteroatoms. The Hall–Kier alpha value is -13.2. The van der Waals surface area contributed by atoms with Crippen molar-refractivity contribution in [3.8, 4) is 34.4 Å². The van der Waals surface area contributed by atoms with Crippen LogP contribution in [0.4, 0.5) is 109 Å². The molecule has 0 saturated carbocycles. The SMILES string of the molecule is CC(C)(C)OC(=O)N1CCC(Oc2ccc(C(F)(F)F)cc2N)C1.CC(C)(C)OC(=O)N1CCC(Oc2ccc(C(F)(F)F)cc2NC(=O)Nc2ccc(-n3cnc4c(N)ncnc43)cc2)C1.Nc1ncnc2c1ncn2-c1ccc(NC(=O)Nc2cc(C(F)(F)F)ccc2OC2CCNC2)cc1.O=C(Cl)Oc1ccc([N+](=O)[O-])cc1. The van der Waals surface area contributed by atoms with E-state index in [0.717, 1.165) is 49.0 Å². The fourth-order valence-corrected chi connectivity index (χ4v) is 11.4. The minimum Gasteiger partial charge on any atom is -0.487 e. The second-order valence-corrected chi connectivity index (χ2v) is 28.1. The lowest BCUT2D eigenvalue weighted by molar-refractivity contribution is -0.384. The van der Waals surface area contributed by atoms with E-state index in [2.05, 4.69) is 61.2 Å². The van der Waals surface area contributed by atoms with Crippen LogP contribution in [0.2, 0.25) is 0 Å². The van der Waals surface area contributed by atoms with Crippen LogP contribution in [0.25, 0.3) is 33.7 Å². The maximum atomic E-state index is 13.5. The van der Waals surface area contributed by atoms with Gasteiger partial charge in [0.2, 0.25) is 0 Å². The summed E-state index contributed by atoms with van der Waals surface area (Å²) >= 11 is 4.92. The van der Waals surface area contributed by atoms with Gasteiger partial charge in [-0.2, -0.15) is 39.5 Å². The number of carbonyl (C=O) groups is 5. The Balaban J connectivity index is 0.000000175. The van der Waals surface area contributed by atoms with Crippen molar-refractivity contribution in [1.82, 2.24) is 54.2 Å². The third-order valence-corrected chi connectivity index (χ3v) is 16.8. The number of imidazole rings is 2. The summed E-state index contributed by atoms with van der Waals surface area (Å²) < 4.78 is 154. The van der Waals surface area contributed by atoms with Crippen LogP contribution in [0.5, 0.6) is 23.0 Å². The summed E-state index contributed by atoms with van der Waals surface area (Å²) in [4.78, 5) is 97.4. The zero-order valence-electron chi connectivity index (χ0n) is 62.3. The maximum absolute atomic E-state index is 13.5. The summed E-state index contributed by atoms with van der Waals surface area (Å²) in [5, 5.41) is 23.5. The number of nitrogen functional groups attached to an aromatic ring is 3. The first kappa shape index (κ1) is 85.2. The summed E-state index contributed by atoms with van der Waals surface area (Å²) in [5.41, 5.74) is 16.1. The maximum Gasteiger partial charge on any atom is 0.416 e. The van der Waals surface area contributed by atoms with Crippen molar-refractivity contribution in [2.75, 3.05) is 77.7 Å². The van der Waals surface area contributed by atoms with E-state index in [1.807, 2.05) is 0 Å². The molecular formula is C74H75ClF9N19O13. The fraction of sp³-hybridized carbons (Fsp3) is 0.311. The molecule has 3 aliphatic rings. The van der Waals surface area contributed by atoms with Gasteiger partial charge in [0.25, 0.3) is 5.69 Å². The number of hydrogen-bond acceptors (Lipinski definition) is 23. The molecule has 0 radical (unpaired) electrons. The van der Waals surface area contributed by atoms with Gasteiger partial charge in [-0.3, -0.25) is 19.2 Å². The number of ether oxygens (including phenoxy) is 6. The van der Waals surface area contributed by atoms with Gasteiger partial charge in [-0.15, -0.1) is 0 Å². The van der Waals surface area contributed by atoms with Gasteiger partial charge in [0.15, 0.2) is 34.0 Å². The number of rotatable bonds is 14. The average molecular weight is 1640 g/mol. The number of nitrogens with zero attached hydrogens (tertiary/aromatic N) is 11. The number of aromatic nitrogens is 8. The molecule has 0 bridgehead atoms. The number of halogens is 10. The van der Waals surface area contributed by atoms with Gasteiger partial charge in [-0.25, -0.2) is 53.9 Å². The van der Waals surface area contributed by atoms with Crippen molar-refractivity contribution in [1.29, 1.82) is 0 Å². The van der Waals surface area contributed by atoms with Crippen molar-refractivity contribution >= 4 is 109 Å². The van der Waals surface area contributed by atoms with E-state index in [1.165, 1.54) is 65.2 Å². The number of urea groups is 2. The monoisotopic (exact) mass is 1640 g/mol. The topological polar surface area (TPSA) is 416 Å². The van der Waals surface area contributed by atoms with E-state index in [4.69, 9.17) is 52.5 Å². The number of non-ortho nitro benzene ring substituents is 1. The van der Waals surface area contributed by atoms with Crippen LogP contribution in [0.15, 0.2) is 153 Å². The highest BCUT2D eigenvalue weighted by Gasteiger charge is 2.37. The second-order valence-electron chi connectivity index (χ2n) is 27.7. The van der Waals surface area contributed by atoms with Gasteiger partial charge in [0.05, 0.1) is 51.8 Å². The quantitative estimate of drug-likeness (QED) is 0.0165. The molecule has 3 aliphatic heterocycles. The van der Waals surface area contributed by atoms with Crippen molar-refractivity contribution in [3.05, 3.63) is 180 Å². The van der Waals surface area contributed by atoms with Crippen LogP contribution in [0.3, 0.4) is 0 Å². The van der Waals surface area contributed by atoms with E-state index in [-0.39, 0.29) is 76.1 Å². The fourth-order valence-electron chi connectivity index (χ4n) is 11.3. The van der Waals surface area contributed by atoms with Crippen LogP contribution in [0.1, 0.15) is 77.5 Å². The lowest BCUT2D eigenvalue weighted by atomic mass is 10.1. The molecule has 32 nitrogen and oxygen atoms in total. The minimum absolute atomic E-state index is 0.0304. The van der Waals surface area contributed by atoms with Crippen LogP contribution in [-0.4, -0.2) is 152 Å². The van der Waals surface area contributed by atoms with E-state index < -0.39 is 87.1 Å². The molecule has 0 aliphatic carbocycles. The standard InChI is InChI=1S/C28H29F3N8O4.C23H21F3N8O2.C16H21F3N2O3.C7H4ClNO4/c1-27(2,3)43-26(41)38-11-10-19(13-38)42-21-9-4-16(28(29,30)31)12-20(21)37-25(40)36-17-5-7-18(8-6-17)39-15-35-22-23(32)33-14-34-24(22)39;24-23(25,26)13-1-6-18(36-16-7-8-28-10-16)17(9-13)33-22(35)32-14-2-4-15(5-3-14)34-12-31-19-20(27)29-11-30-21(19)34;1-15(2,3)24-14(22)21-7-6-11(9-21)23-13-5-4-10(8-12(13)20)16(17,18)19;8-7(10)13-6-3-1-5(2-4-6)9(11)12/h4-9,12,14-15,19H,10-11,13H2,1-3H3,(H2,32,33,34)(H2,36,37,40);1-6,9,11-12,16,28H,7-8,10H2,(H2,27,29,30)(H2,32,33,35);4-5,8,11H,6-7,9,20H2,1-3H3;1-4H. The lowest BCUT2D eigenvalue weighted by Crippen LogP contribution is -2.36. The highest BCUT2D eigenvalue weighted by atomic mass is 35.5. The molecule has 6 aromatic carbocycles. The molecule has 13 rings (SSSR count). The van der Waals surface area contributed by atoms with Gasteiger partial charge < -0.3 is 82.0 Å². The van der Waals surface area contributed by atoms with Gasteiger partial charge >= 0.3 is 48.2 Å². The summed E-state index contributed by atoms with van der Waals surface area (Å²) in [5.74, 6) is 1.05. The van der Waals surface area contributed by atoms with E-state index in [9.17, 15) is 73.6 Å². The van der Waals surface area contributed by atoms with Gasteiger partial charge in [0, 0.05) is 79.0 Å². The number of fused-ring (bicyclic) bond motifs is 2. The lowest BCUT2D eigenvalue weighted by Gasteiger charge is -2.24. The smallest absolute Gasteiger partial charge is 0.416 e. The number of hydrogen-bond donors (Lipinski definition) is 8. The highest BCUT2D eigenvalue weighted by Crippen LogP contribution is 2.40. The Kier molecular flexibility index (Phi) is 26.4. The predicted molar refractivity (Wildman–Crippen MR) is 407 cm³/mol. The van der Waals surface area contributed by atoms with Crippen molar-refractivity contribution in [2.24, 2.45) is 0 Å². The number of nitro groups is 1. The Labute approximate surface area is 658 Å². The van der Waals surface area contributed by atoms with E-state index >= 15 is 0 Å². The molecule has 614 valence electrons. The number of amides is 6. The number of benzene rings is 6. The molecule has 3 saturated heterocycles. The molecule has 11 N–H and O–H groups in total. The first-order valence-electron chi connectivity index (χ1n) is 35.0. The van der Waals surface area contributed by atoms with Crippen LogP contribution >= 0.6 is 11.6 Å². The zero-order chi connectivity index (χ0) is 84.2. The molecule has 7 heterocycles. The number of alkyl halides is 9. The third kappa shape index (κ3) is 23.5. The summed E-state index contributed by atoms with van der Waals surface area (Å²) in [6.07, 6.45) is -8.19. The average Bonchev–Trinajstić information content (AvgIpc) is 1.62. The molecule has 6 amide bonds.